The molecule has 1 atom stereocenters. The van der Waals surface area contributed by atoms with Gasteiger partial charge in [0.05, 0.1) is 24.5 Å². The van der Waals surface area contributed by atoms with Crippen molar-refractivity contribution in [3.63, 3.8) is 0 Å². The third kappa shape index (κ3) is 3.45. The Bertz CT molecular complexity index is 1070. The summed E-state index contributed by atoms with van der Waals surface area (Å²) >= 11 is 0. The highest BCUT2D eigenvalue weighted by Gasteiger charge is 2.24. The SMILES string of the molecule is COc1ccc2c(=O)c(C(=O)N[C@@H]3CCCN(c4cnn(C)c4)C3)c[nH]c2c1. The molecule has 0 radical (unpaired) electrons. The highest BCUT2D eigenvalue weighted by Crippen LogP contribution is 2.20. The van der Waals surface area contributed by atoms with Crippen molar-refractivity contribution in [2.24, 2.45) is 7.05 Å². The Morgan fingerprint density at radius 1 is 1.39 bits per heavy atom. The molecule has 4 rings (SSSR count). The van der Waals surface area contributed by atoms with Crippen molar-refractivity contribution in [1.82, 2.24) is 20.1 Å². The topological polar surface area (TPSA) is 92.2 Å². The van der Waals surface area contributed by atoms with Gasteiger partial charge >= 0.3 is 0 Å². The number of carbonyl (C=O) groups is 1. The zero-order chi connectivity index (χ0) is 19.7. The lowest BCUT2D eigenvalue weighted by atomic mass is 10.0. The fraction of sp³-hybridized carbons (Fsp3) is 0.350. The number of hydrogen-bond donors (Lipinski definition) is 2. The molecule has 1 fully saturated rings. The van der Waals surface area contributed by atoms with Crippen molar-refractivity contribution >= 4 is 22.5 Å². The van der Waals surface area contributed by atoms with Crippen LogP contribution in [0.15, 0.2) is 41.6 Å². The van der Waals surface area contributed by atoms with Crippen LogP contribution in [0.4, 0.5) is 5.69 Å². The second kappa shape index (κ2) is 7.38. The maximum atomic E-state index is 12.8. The number of benzene rings is 1. The maximum absolute atomic E-state index is 12.8. The van der Waals surface area contributed by atoms with Crippen molar-refractivity contribution in [2.45, 2.75) is 18.9 Å². The lowest BCUT2D eigenvalue weighted by molar-refractivity contribution is 0.0932. The Hall–Kier alpha value is -3.29. The zero-order valence-electron chi connectivity index (χ0n) is 15.9. The molecular formula is C20H23N5O3. The summed E-state index contributed by atoms with van der Waals surface area (Å²) in [7, 11) is 3.45. The quantitative estimate of drug-likeness (QED) is 0.717. The van der Waals surface area contributed by atoms with Crippen molar-refractivity contribution in [2.75, 3.05) is 25.1 Å². The average molecular weight is 381 g/mol. The van der Waals surface area contributed by atoms with E-state index < -0.39 is 0 Å². The summed E-state index contributed by atoms with van der Waals surface area (Å²) in [4.78, 5) is 30.7. The molecule has 1 aliphatic heterocycles. The number of ether oxygens (including phenoxy) is 1. The first-order chi connectivity index (χ1) is 13.5. The number of amides is 1. The van der Waals surface area contributed by atoms with Crippen LogP contribution >= 0.6 is 0 Å². The van der Waals surface area contributed by atoms with Crippen LogP contribution < -0.4 is 20.4 Å². The van der Waals surface area contributed by atoms with Crippen LogP contribution in [0, 0.1) is 0 Å². The summed E-state index contributed by atoms with van der Waals surface area (Å²) in [6, 6.07) is 5.11. The van der Waals surface area contributed by atoms with Crippen LogP contribution in [0.1, 0.15) is 23.2 Å². The monoisotopic (exact) mass is 381 g/mol. The highest BCUT2D eigenvalue weighted by molar-refractivity contribution is 5.97. The molecule has 2 aromatic heterocycles. The predicted octanol–water partition coefficient (Wildman–Crippen LogP) is 1.67. The molecular weight excluding hydrogens is 358 g/mol. The highest BCUT2D eigenvalue weighted by atomic mass is 16.5. The number of aryl methyl sites for hydroxylation is 1. The van der Waals surface area contributed by atoms with Crippen molar-refractivity contribution in [3.05, 3.63) is 52.6 Å². The van der Waals surface area contributed by atoms with E-state index in [0.29, 0.717) is 23.2 Å². The van der Waals surface area contributed by atoms with Gasteiger partial charge in [-0.15, -0.1) is 0 Å². The van der Waals surface area contributed by atoms with E-state index in [4.69, 9.17) is 4.74 Å². The van der Waals surface area contributed by atoms with Gasteiger partial charge in [-0.3, -0.25) is 14.3 Å². The van der Waals surface area contributed by atoms with Gasteiger partial charge in [-0.05, 0) is 25.0 Å². The number of fused-ring (bicyclic) bond motifs is 1. The first-order valence-corrected chi connectivity index (χ1v) is 9.29. The molecule has 1 aliphatic rings. The Kier molecular flexibility index (Phi) is 4.77. The van der Waals surface area contributed by atoms with Crippen LogP contribution in [0.5, 0.6) is 5.75 Å². The van der Waals surface area contributed by atoms with Gasteiger partial charge in [0.1, 0.15) is 11.3 Å². The van der Waals surface area contributed by atoms with Gasteiger partial charge in [0.15, 0.2) is 0 Å². The van der Waals surface area contributed by atoms with Gasteiger partial charge in [-0.25, -0.2) is 0 Å². The summed E-state index contributed by atoms with van der Waals surface area (Å²) in [5.74, 6) is 0.301. The minimum absolute atomic E-state index is 0.0209. The first kappa shape index (κ1) is 18.1. The van der Waals surface area contributed by atoms with Crippen LogP contribution in [-0.2, 0) is 7.05 Å². The second-order valence-electron chi connectivity index (χ2n) is 7.07. The van der Waals surface area contributed by atoms with E-state index >= 15 is 0 Å². The predicted molar refractivity (Wildman–Crippen MR) is 107 cm³/mol. The number of rotatable bonds is 4. The number of piperidine rings is 1. The molecule has 1 amide bonds. The molecule has 1 aromatic carbocycles. The third-order valence-corrected chi connectivity index (χ3v) is 5.15. The van der Waals surface area contributed by atoms with E-state index in [-0.39, 0.29) is 22.9 Å². The summed E-state index contributed by atoms with van der Waals surface area (Å²) in [6.45, 7) is 1.62. The molecule has 146 valence electrons. The number of nitrogens with zero attached hydrogens (tertiary/aromatic N) is 3. The number of nitrogens with one attached hydrogen (secondary N) is 2. The van der Waals surface area contributed by atoms with Crippen molar-refractivity contribution in [1.29, 1.82) is 0 Å². The van der Waals surface area contributed by atoms with Gasteiger partial charge in [0.25, 0.3) is 5.91 Å². The van der Waals surface area contributed by atoms with Gasteiger partial charge in [0, 0.05) is 50.0 Å². The minimum Gasteiger partial charge on any atom is -0.497 e. The fourth-order valence-electron chi connectivity index (χ4n) is 3.66. The Morgan fingerprint density at radius 2 is 2.25 bits per heavy atom. The van der Waals surface area contributed by atoms with Crippen molar-refractivity contribution < 1.29 is 9.53 Å². The molecule has 3 heterocycles. The van der Waals surface area contributed by atoms with Crippen LogP contribution in [-0.4, -0.2) is 46.9 Å². The van der Waals surface area contributed by atoms with E-state index in [1.165, 1.54) is 6.20 Å². The summed E-state index contributed by atoms with van der Waals surface area (Å²) in [6.07, 6.45) is 7.11. The van der Waals surface area contributed by atoms with Crippen molar-refractivity contribution in [3.8, 4) is 5.75 Å². The van der Waals surface area contributed by atoms with E-state index in [0.717, 1.165) is 25.1 Å². The number of H-pyrrole nitrogens is 1. The normalized spacial score (nSPS) is 16.9. The first-order valence-electron chi connectivity index (χ1n) is 9.29. The maximum Gasteiger partial charge on any atom is 0.257 e. The number of anilines is 1. The Balaban J connectivity index is 1.51. The van der Waals surface area contributed by atoms with Gasteiger partial charge < -0.3 is 19.9 Å². The molecule has 1 saturated heterocycles. The lowest BCUT2D eigenvalue weighted by Gasteiger charge is -2.33. The van der Waals surface area contributed by atoms with Crippen LogP contribution in [0.25, 0.3) is 10.9 Å². The molecule has 2 N–H and O–H groups in total. The van der Waals surface area contributed by atoms with E-state index in [9.17, 15) is 9.59 Å². The number of pyridine rings is 1. The molecule has 8 nitrogen and oxygen atoms in total. The van der Waals surface area contributed by atoms with Crippen LogP contribution in [0.2, 0.25) is 0 Å². The third-order valence-electron chi connectivity index (χ3n) is 5.15. The molecule has 0 aliphatic carbocycles. The molecule has 0 unspecified atom stereocenters. The molecule has 0 spiro atoms. The number of carbonyl (C=O) groups excluding carboxylic acids is 1. The lowest BCUT2D eigenvalue weighted by Crippen LogP contribution is -2.48. The number of aromatic nitrogens is 3. The van der Waals surface area contributed by atoms with Gasteiger partial charge in [0.2, 0.25) is 5.43 Å². The van der Waals surface area contributed by atoms with E-state index in [2.05, 4.69) is 20.3 Å². The molecule has 0 bridgehead atoms. The standard InChI is InChI=1S/C20H23N5O3/c1-24-12-14(9-22-24)25-7-3-4-13(11-25)23-20(27)17-10-21-18-8-15(28-2)5-6-16(18)19(17)26/h5-6,8-10,12-13H,3-4,7,11H2,1-2H3,(H,21,26)(H,23,27)/t13-/m1/s1. The summed E-state index contributed by atoms with van der Waals surface area (Å²) in [5.41, 5.74) is 1.52. The molecule has 28 heavy (non-hydrogen) atoms. The van der Waals surface area contributed by atoms with E-state index in [1.54, 1.807) is 30.0 Å². The largest absolute Gasteiger partial charge is 0.497 e. The fourth-order valence-corrected chi connectivity index (χ4v) is 3.66. The van der Waals surface area contributed by atoms with Gasteiger partial charge in [-0.1, -0.05) is 0 Å². The number of aromatic amines is 1. The minimum atomic E-state index is -0.350. The molecule has 8 heteroatoms. The smallest absolute Gasteiger partial charge is 0.257 e. The number of methoxy groups -OCH3 is 1. The molecule has 3 aromatic rings. The average Bonchev–Trinajstić information content (AvgIpc) is 3.14. The Morgan fingerprint density at radius 3 is 3.00 bits per heavy atom. The van der Waals surface area contributed by atoms with Gasteiger partial charge in [-0.2, -0.15) is 5.10 Å². The molecule has 0 saturated carbocycles. The summed E-state index contributed by atoms with van der Waals surface area (Å²) in [5, 5.41) is 7.70. The summed E-state index contributed by atoms with van der Waals surface area (Å²) < 4.78 is 6.94. The number of hydrogen-bond acceptors (Lipinski definition) is 5. The second-order valence-corrected chi connectivity index (χ2v) is 7.07. The van der Waals surface area contributed by atoms with Crippen LogP contribution in [0.3, 0.4) is 0 Å². The van der Waals surface area contributed by atoms with E-state index in [1.807, 2.05) is 19.4 Å². The Labute approximate surface area is 162 Å². The zero-order valence-corrected chi connectivity index (χ0v) is 15.9.